The quantitative estimate of drug-likeness (QED) is 0.444. The lowest BCUT2D eigenvalue weighted by atomic mass is 10.0. The normalized spacial score (nSPS) is 11.2. The van der Waals surface area contributed by atoms with Gasteiger partial charge in [-0.05, 0) is 23.8 Å². The zero-order valence-corrected chi connectivity index (χ0v) is 13.0. The molecule has 3 nitrogen and oxygen atoms in total. The first-order chi connectivity index (χ1) is 11.3. The first-order valence-electron chi connectivity index (χ1n) is 6.87. The van der Waals surface area contributed by atoms with Crippen molar-refractivity contribution in [1.29, 1.82) is 0 Å². The number of halogens is 4. The number of carbonyl (C=O) groups is 2. The smallest absolute Gasteiger partial charge is 0.417 e. The molecule has 0 aliphatic carbocycles. The monoisotopic (exact) mass is 356 g/mol. The third-order valence-corrected chi connectivity index (χ3v) is 3.37. The number of carbonyl (C=O) groups excluding carboxylic acids is 2. The number of hydrogen-bond acceptors (Lipinski definition) is 3. The molecule has 0 amide bonds. The van der Waals surface area contributed by atoms with Crippen LogP contribution >= 0.6 is 11.6 Å². The van der Waals surface area contributed by atoms with E-state index in [0.717, 1.165) is 6.07 Å². The molecule has 7 heteroatoms. The van der Waals surface area contributed by atoms with E-state index >= 15 is 0 Å². The van der Waals surface area contributed by atoms with Crippen molar-refractivity contribution in [2.45, 2.75) is 19.2 Å². The number of benzene rings is 2. The Morgan fingerprint density at radius 1 is 1.04 bits per heavy atom. The number of ether oxygens (including phenoxy) is 1. The Bertz CT molecular complexity index is 742. The van der Waals surface area contributed by atoms with Gasteiger partial charge in [0.15, 0.2) is 5.78 Å². The topological polar surface area (TPSA) is 43.4 Å². The van der Waals surface area contributed by atoms with E-state index in [1.54, 1.807) is 30.3 Å². The van der Waals surface area contributed by atoms with Gasteiger partial charge in [0.25, 0.3) is 0 Å². The first kappa shape index (κ1) is 18.0. The Labute approximate surface area is 141 Å². The number of Topliss-reactive ketones (excluding diaryl/α,β-unsaturated/α-hetero) is 1. The van der Waals surface area contributed by atoms with Crippen molar-refractivity contribution in [3.05, 3.63) is 70.2 Å². The van der Waals surface area contributed by atoms with Crippen LogP contribution in [0.4, 0.5) is 13.2 Å². The molecule has 0 aliphatic heterocycles. The van der Waals surface area contributed by atoms with Crippen molar-refractivity contribution < 1.29 is 27.5 Å². The van der Waals surface area contributed by atoms with Crippen LogP contribution in [0.2, 0.25) is 5.02 Å². The minimum atomic E-state index is -4.75. The van der Waals surface area contributed by atoms with Gasteiger partial charge in [-0.15, -0.1) is 0 Å². The van der Waals surface area contributed by atoms with E-state index in [-0.39, 0.29) is 11.6 Å². The van der Waals surface area contributed by atoms with Gasteiger partial charge >= 0.3 is 12.1 Å². The lowest BCUT2D eigenvalue weighted by Crippen LogP contribution is -2.17. The third-order valence-electron chi connectivity index (χ3n) is 3.13. The molecular weight excluding hydrogens is 345 g/mol. The largest absolute Gasteiger partial charge is 0.460 e. The van der Waals surface area contributed by atoms with Crippen LogP contribution in [0.3, 0.4) is 0 Å². The van der Waals surface area contributed by atoms with Gasteiger partial charge in [0.1, 0.15) is 13.0 Å². The van der Waals surface area contributed by atoms with E-state index in [4.69, 9.17) is 16.3 Å². The SMILES string of the molecule is O=C(CC(=O)c1ccc(Cl)cc1C(F)(F)F)OCc1ccccc1. The van der Waals surface area contributed by atoms with E-state index in [0.29, 0.717) is 11.6 Å². The number of alkyl halides is 3. The first-order valence-corrected chi connectivity index (χ1v) is 7.24. The molecule has 0 radical (unpaired) electrons. The lowest BCUT2D eigenvalue weighted by molar-refractivity contribution is -0.144. The number of hydrogen-bond donors (Lipinski definition) is 0. The number of esters is 1. The predicted molar refractivity (Wildman–Crippen MR) is 81.6 cm³/mol. The van der Waals surface area contributed by atoms with E-state index in [1.165, 1.54) is 6.07 Å². The number of rotatable bonds is 5. The molecule has 0 saturated carbocycles. The average Bonchev–Trinajstić information content (AvgIpc) is 2.53. The Balaban J connectivity index is 2.06. The average molecular weight is 357 g/mol. The van der Waals surface area contributed by atoms with Gasteiger partial charge in [-0.2, -0.15) is 13.2 Å². The van der Waals surface area contributed by atoms with Gasteiger partial charge in [-0.3, -0.25) is 9.59 Å². The summed E-state index contributed by atoms with van der Waals surface area (Å²) in [5.74, 6) is -1.87. The standard InChI is InChI=1S/C17H12ClF3O3/c18-12-6-7-13(14(8-12)17(19,20)21)15(22)9-16(23)24-10-11-4-2-1-3-5-11/h1-8H,9-10H2. The van der Waals surface area contributed by atoms with Crippen LogP contribution in [-0.4, -0.2) is 11.8 Å². The second-order valence-electron chi connectivity index (χ2n) is 4.93. The summed E-state index contributed by atoms with van der Waals surface area (Å²) in [4.78, 5) is 23.7. The fourth-order valence-electron chi connectivity index (χ4n) is 2.01. The summed E-state index contributed by atoms with van der Waals surface area (Å²) in [7, 11) is 0. The molecule has 0 fully saturated rings. The zero-order chi connectivity index (χ0) is 17.7. The highest BCUT2D eigenvalue weighted by molar-refractivity contribution is 6.30. The Hall–Kier alpha value is -2.34. The van der Waals surface area contributed by atoms with Crippen molar-refractivity contribution in [3.8, 4) is 0 Å². The summed E-state index contributed by atoms with van der Waals surface area (Å²) in [5, 5.41) is -0.148. The maximum atomic E-state index is 13.0. The van der Waals surface area contributed by atoms with Crippen molar-refractivity contribution in [2.75, 3.05) is 0 Å². The van der Waals surface area contributed by atoms with Crippen LogP contribution in [0.25, 0.3) is 0 Å². The summed E-state index contributed by atoms with van der Waals surface area (Å²) >= 11 is 5.55. The van der Waals surface area contributed by atoms with Gasteiger partial charge in [-0.1, -0.05) is 41.9 Å². The zero-order valence-electron chi connectivity index (χ0n) is 12.3. The molecule has 0 N–H and O–H groups in total. The molecule has 2 rings (SSSR count). The van der Waals surface area contributed by atoms with Crippen LogP contribution in [-0.2, 0) is 22.3 Å². The van der Waals surface area contributed by atoms with Gasteiger partial charge in [-0.25, -0.2) is 0 Å². The molecular formula is C17H12ClF3O3. The van der Waals surface area contributed by atoms with Gasteiger partial charge in [0, 0.05) is 10.6 Å². The van der Waals surface area contributed by atoms with Gasteiger partial charge < -0.3 is 4.74 Å². The van der Waals surface area contributed by atoms with Crippen LogP contribution in [0.5, 0.6) is 0 Å². The van der Waals surface area contributed by atoms with Gasteiger partial charge in [0.2, 0.25) is 0 Å². The fourth-order valence-corrected chi connectivity index (χ4v) is 2.18. The van der Waals surface area contributed by atoms with Crippen LogP contribution in [0, 0.1) is 0 Å². The van der Waals surface area contributed by atoms with Crippen molar-refractivity contribution in [3.63, 3.8) is 0 Å². The maximum absolute atomic E-state index is 13.0. The molecule has 0 unspecified atom stereocenters. The Morgan fingerprint density at radius 3 is 2.33 bits per heavy atom. The fraction of sp³-hybridized carbons (Fsp3) is 0.176. The van der Waals surface area contributed by atoms with Crippen LogP contribution in [0.1, 0.15) is 27.9 Å². The molecule has 0 atom stereocenters. The molecule has 126 valence electrons. The molecule has 0 spiro atoms. The molecule has 0 saturated heterocycles. The summed E-state index contributed by atoms with van der Waals surface area (Å²) in [6.07, 6.45) is -5.53. The van der Waals surface area contributed by atoms with E-state index in [9.17, 15) is 22.8 Å². The molecule has 0 heterocycles. The highest BCUT2D eigenvalue weighted by Crippen LogP contribution is 2.34. The summed E-state index contributed by atoms with van der Waals surface area (Å²) in [6, 6.07) is 11.5. The van der Waals surface area contributed by atoms with Crippen molar-refractivity contribution in [1.82, 2.24) is 0 Å². The lowest BCUT2D eigenvalue weighted by Gasteiger charge is -2.12. The van der Waals surface area contributed by atoms with Crippen molar-refractivity contribution in [2.24, 2.45) is 0 Å². The summed E-state index contributed by atoms with van der Waals surface area (Å²) in [5.41, 5.74) is -1.07. The number of ketones is 1. The van der Waals surface area contributed by atoms with Crippen LogP contribution in [0.15, 0.2) is 48.5 Å². The van der Waals surface area contributed by atoms with Gasteiger partial charge in [0.05, 0.1) is 5.56 Å². The molecule has 0 bridgehead atoms. The Morgan fingerprint density at radius 2 is 1.71 bits per heavy atom. The summed E-state index contributed by atoms with van der Waals surface area (Å²) < 4.78 is 43.8. The van der Waals surface area contributed by atoms with E-state index in [1.807, 2.05) is 0 Å². The van der Waals surface area contributed by atoms with E-state index in [2.05, 4.69) is 0 Å². The molecule has 0 aliphatic rings. The van der Waals surface area contributed by atoms with Crippen molar-refractivity contribution >= 4 is 23.4 Å². The highest BCUT2D eigenvalue weighted by atomic mass is 35.5. The minimum Gasteiger partial charge on any atom is -0.460 e. The predicted octanol–water partition coefficient (Wildman–Crippen LogP) is 4.68. The second kappa shape index (κ2) is 7.49. The molecule has 2 aromatic rings. The third kappa shape index (κ3) is 4.83. The second-order valence-corrected chi connectivity index (χ2v) is 5.37. The molecule has 24 heavy (non-hydrogen) atoms. The van der Waals surface area contributed by atoms with Crippen LogP contribution < -0.4 is 0 Å². The Kier molecular flexibility index (Phi) is 5.62. The molecule has 0 aromatic heterocycles. The highest BCUT2D eigenvalue weighted by Gasteiger charge is 2.35. The molecule has 2 aromatic carbocycles. The maximum Gasteiger partial charge on any atom is 0.417 e. The van der Waals surface area contributed by atoms with E-state index < -0.39 is 35.5 Å². The summed E-state index contributed by atoms with van der Waals surface area (Å²) in [6.45, 7) is -0.0559. The minimum absolute atomic E-state index is 0.0559.